The smallest absolute Gasteiger partial charge is 0.264 e. The number of nitrogens with one attached hydrogen (secondary N) is 2. The van der Waals surface area contributed by atoms with Gasteiger partial charge in [0.1, 0.15) is 6.04 Å². The lowest BCUT2D eigenvalue weighted by atomic mass is 9.91. The Balaban J connectivity index is 1.36. The number of carbonyl (C=O) groups excluding carboxylic acids is 2. The zero-order chi connectivity index (χ0) is 21.9. The van der Waals surface area contributed by atoms with Crippen LogP contribution < -0.4 is 5.32 Å². The summed E-state index contributed by atoms with van der Waals surface area (Å²) in [6.45, 7) is 1.10. The Labute approximate surface area is 191 Å². The van der Waals surface area contributed by atoms with E-state index in [-0.39, 0.29) is 17.7 Å². The Morgan fingerprint density at radius 3 is 2.69 bits per heavy atom. The van der Waals surface area contributed by atoms with Gasteiger partial charge in [-0.15, -0.1) is 11.3 Å². The molecular weight excluding hydrogens is 418 g/mol. The molecule has 5 nitrogen and oxygen atoms in total. The molecule has 3 heterocycles. The lowest BCUT2D eigenvalue weighted by Crippen LogP contribution is -2.46. The first-order valence-electron chi connectivity index (χ1n) is 11.0. The molecule has 2 atom stereocenters. The van der Waals surface area contributed by atoms with Gasteiger partial charge in [0.15, 0.2) is 0 Å². The van der Waals surface area contributed by atoms with Gasteiger partial charge in [0, 0.05) is 36.1 Å². The number of hydrogen-bond acceptors (Lipinski definition) is 3. The molecule has 0 unspecified atom stereocenters. The first kappa shape index (κ1) is 20.5. The van der Waals surface area contributed by atoms with Crippen molar-refractivity contribution < 1.29 is 9.59 Å². The van der Waals surface area contributed by atoms with Gasteiger partial charge in [0.05, 0.1) is 4.88 Å². The standard InChI is InChI=1S/C26H25N3O2S/c30-25(23-12-6-14-29(23)26(31)24-13-7-15-32-24)28-16-20(18-8-2-1-3-9-18)21-17-27-22-11-5-4-10-19(21)22/h1-5,7-11,13,15,17,20,23,27H,6,12,14,16H2,(H,28,30)/t20-,23-/m0/s1. The van der Waals surface area contributed by atoms with Crippen molar-refractivity contribution in [1.82, 2.24) is 15.2 Å². The summed E-state index contributed by atoms with van der Waals surface area (Å²) in [6, 6.07) is 21.7. The normalized spacial score (nSPS) is 16.9. The van der Waals surface area contributed by atoms with Crippen LogP contribution in [0.4, 0.5) is 0 Å². The van der Waals surface area contributed by atoms with E-state index in [1.165, 1.54) is 11.3 Å². The number of hydrogen-bond donors (Lipinski definition) is 2. The van der Waals surface area contributed by atoms with Crippen LogP contribution >= 0.6 is 11.3 Å². The molecule has 4 aromatic rings. The van der Waals surface area contributed by atoms with Crippen LogP contribution in [-0.2, 0) is 4.79 Å². The van der Waals surface area contributed by atoms with E-state index >= 15 is 0 Å². The zero-order valence-corrected chi connectivity index (χ0v) is 18.5. The van der Waals surface area contributed by atoms with Crippen molar-refractivity contribution in [3.8, 4) is 0 Å². The van der Waals surface area contributed by atoms with Crippen LogP contribution in [0.5, 0.6) is 0 Å². The average Bonchev–Trinajstić information content (AvgIpc) is 3.60. The molecule has 162 valence electrons. The van der Waals surface area contributed by atoms with Gasteiger partial charge in [-0.2, -0.15) is 0 Å². The van der Waals surface area contributed by atoms with E-state index in [0.29, 0.717) is 24.4 Å². The molecule has 6 heteroatoms. The highest BCUT2D eigenvalue weighted by molar-refractivity contribution is 7.12. The Kier molecular flexibility index (Phi) is 5.77. The van der Waals surface area contributed by atoms with Crippen LogP contribution in [0.3, 0.4) is 0 Å². The van der Waals surface area contributed by atoms with Crippen LogP contribution in [-0.4, -0.2) is 40.8 Å². The van der Waals surface area contributed by atoms with Crippen molar-refractivity contribution >= 4 is 34.1 Å². The Hall–Kier alpha value is -3.38. The minimum atomic E-state index is -0.413. The first-order valence-corrected chi connectivity index (χ1v) is 11.8. The lowest BCUT2D eigenvalue weighted by molar-refractivity contribution is -0.124. The van der Waals surface area contributed by atoms with Gasteiger partial charge in [-0.1, -0.05) is 54.6 Å². The maximum atomic E-state index is 13.2. The molecule has 0 saturated carbocycles. The molecular formula is C26H25N3O2S. The number of thiophene rings is 1. The summed E-state index contributed by atoms with van der Waals surface area (Å²) in [5.74, 6) is -0.110. The summed E-state index contributed by atoms with van der Waals surface area (Å²) in [5, 5.41) is 6.21. The van der Waals surface area contributed by atoms with E-state index in [1.807, 2.05) is 54.0 Å². The fourth-order valence-corrected chi connectivity index (χ4v) is 5.30. The summed E-state index contributed by atoms with van der Waals surface area (Å²) in [6.07, 6.45) is 3.59. The van der Waals surface area contributed by atoms with Crippen molar-refractivity contribution in [2.24, 2.45) is 0 Å². The van der Waals surface area contributed by atoms with Gasteiger partial charge < -0.3 is 15.2 Å². The third-order valence-corrected chi connectivity index (χ3v) is 7.09. The third kappa shape index (κ3) is 3.94. The SMILES string of the molecule is O=C(NC[C@@H](c1ccccc1)c1c[nH]c2ccccc12)[C@@H]1CCCN1C(=O)c1cccs1. The average molecular weight is 444 g/mol. The molecule has 1 saturated heterocycles. The molecule has 0 bridgehead atoms. The number of para-hydroxylation sites is 1. The van der Waals surface area contributed by atoms with Crippen molar-refractivity contribution in [1.29, 1.82) is 0 Å². The molecule has 0 radical (unpaired) electrons. The van der Waals surface area contributed by atoms with E-state index in [4.69, 9.17) is 0 Å². The van der Waals surface area contributed by atoms with Crippen LogP contribution in [0.25, 0.3) is 10.9 Å². The second-order valence-corrected chi connectivity index (χ2v) is 9.08. The van der Waals surface area contributed by atoms with Crippen molar-refractivity contribution in [2.75, 3.05) is 13.1 Å². The maximum absolute atomic E-state index is 13.2. The number of benzene rings is 2. The third-order valence-electron chi connectivity index (χ3n) is 6.23. The van der Waals surface area contributed by atoms with Crippen molar-refractivity contribution in [2.45, 2.75) is 24.8 Å². The van der Waals surface area contributed by atoms with E-state index in [0.717, 1.165) is 28.5 Å². The molecule has 0 aliphatic carbocycles. The van der Waals surface area contributed by atoms with Crippen LogP contribution in [0.2, 0.25) is 0 Å². The van der Waals surface area contributed by atoms with E-state index in [1.54, 1.807) is 4.90 Å². The summed E-state index contributed by atoms with van der Waals surface area (Å²) in [4.78, 5) is 31.8. The fourth-order valence-electron chi connectivity index (χ4n) is 4.62. The number of fused-ring (bicyclic) bond motifs is 1. The van der Waals surface area contributed by atoms with Crippen molar-refractivity contribution in [3.63, 3.8) is 0 Å². The molecule has 2 aromatic carbocycles. The topological polar surface area (TPSA) is 65.2 Å². The first-order chi connectivity index (χ1) is 15.7. The fraction of sp³-hybridized carbons (Fsp3) is 0.231. The zero-order valence-electron chi connectivity index (χ0n) is 17.7. The van der Waals surface area contributed by atoms with Crippen LogP contribution in [0.15, 0.2) is 78.3 Å². The lowest BCUT2D eigenvalue weighted by Gasteiger charge is -2.25. The Bertz CT molecular complexity index is 1220. The molecule has 1 fully saturated rings. The molecule has 0 spiro atoms. The predicted molar refractivity (Wildman–Crippen MR) is 128 cm³/mol. The van der Waals surface area contributed by atoms with E-state index < -0.39 is 6.04 Å². The van der Waals surface area contributed by atoms with Gasteiger partial charge in [-0.3, -0.25) is 9.59 Å². The minimum absolute atomic E-state index is 0.0131. The Morgan fingerprint density at radius 1 is 1.06 bits per heavy atom. The molecule has 5 rings (SSSR count). The summed E-state index contributed by atoms with van der Waals surface area (Å²) in [5.41, 5.74) is 3.39. The Morgan fingerprint density at radius 2 is 1.88 bits per heavy atom. The molecule has 32 heavy (non-hydrogen) atoms. The van der Waals surface area contributed by atoms with Crippen LogP contribution in [0, 0.1) is 0 Å². The van der Waals surface area contributed by atoms with Crippen LogP contribution in [0.1, 0.15) is 39.6 Å². The molecule has 1 aliphatic heterocycles. The highest BCUT2D eigenvalue weighted by Gasteiger charge is 2.35. The number of aromatic nitrogens is 1. The quantitative estimate of drug-likeness (QED) is 0.450. The van der Waals surface area contributed by atoms with Gasteiger partial charge in [0.25, 0.3) is 5.91 Å². The molecule has 1 aliphatic rings. The number of aromatic amines is 1. The largest absolute Gasteiger partial charge is 0.361 e. The minimum Gasteiger partial charge on any atom is -0.361 e. The second kappa shape index (κ2) is 9.01. The molecule has 2 N–H and O–H groups in total. The summed E-state index contributed by atoms with van der Waals surface area (Å²) in [7, 11) is 0. The highest BCUT2D eigenvalue weighted by atomic mass is 32.1. The maximum Gasteiger partial charge on any atom is 0.264 e. The number of H-pyrrole nitrogens is 1. The number of carbonyl (C=O) groups is 2. The van der Waals surface area contributed by atoms with E-state index in [2.05, 4.69) is 34.6 Å². The number of amides is 2. The van der Waals surface area contributed by atoms with Gasteiger partial charge in [-0.25, -0.2) is 0 Å². The highest BCUT2D eigenvalue weighted by Crippen LogP contribution is 2.31. The van der Waals surface area contributed by atoms with Crippen molar-refractivity contribution in [3.05, 3.63) is 94.3 Å². The number of rotatable bonds is 6. The summed E-state index contributed by atoms with van der Waals surface area (Å²) >= 11 is 1.42. The van der Waals surface area contributed by atoms with E-state index in [9.17, 15) is 9.59 Å². The number of likely N-dealkylation sites (tertiary alicyclic amines) is 1. The monoisotopic (exact) mass is 443 g/mol. The van der Waals surface area contributed by atoms with Gasteiger partial charge in [-0.05, 0) is 41.5 Å². The molecule has 2 aromatic heterocycles. The van der Waals surface area contributed by atoms with Gasteiger partial charge >= 0.3 is 0 Å². The molecule has 2 amide bonds. The van der Waals surface area contributed by atoms with Gasteiger partial charge in [0.2, 0.25) is 5.91 Å². The summed E-state index contributed by atoms with van der Waals surface area (Å²) < 4.78 is 0. The predicted octanol–water partition coefficient (Wildman–Crippen LogP) is 4.78. The number of nitrogens with zero attached hydrogens (tertiary/aromatic N) is 1. The second-order valence-electron chi connectivity index (χ2n) is 8.13.